The summed E-state index contributed by atoms with van der Waals surface area (Å²) in [5.74, 6) is -5.95. The number of primary amides is 2. The fourth-order valence-corrected chi connectivity index (χ4v) is 2.91. The number of carboxylic acid groups (broad SMARTS) is 1. The van der Waals surface area contributed by atoms with E-state index in [1.165, 1.54) is 0 Å². The standard InChI is InChI=1S/C21H30N6O8/c22-12(6-7-16(23)29)18(31)27-15(10-28)20(33)25-13(9-17(24)30)19(32)26-14(21(34)35)8-11-4-2-1-3-5-11/h1-5,12-15,28H,6-10,22H2,(H2,23,29)(H2,24,30)(H,25,33)(H,26,32)(H,27,31)(H,34,35). The van der Waals surface area contributed by atoms with Crippen molar-refractivity contribution in [3.8, 4) is 0 Å². The molecule has 14 heteroatoms. The Kier molecular flexibility index (Phi) is 11.8. The van der Waals surface area contributed by atoms with Crippen molar-refractivity contribution in [2.75, 3.05) is 6.61 Å². The summed E-state index contributed by atoms with van der Waals surface area (Å²) in [7, 11) is 0. The number of aliphatic carboxylic acids is 1. The number of hydrogen-bond acceptors (Lipinski definition) is 8. The van der Waals surface area contributed by atoms with E-state index in [9.17, 15) is 39.0 Å². The number of nitrogens with one attached hydrogen (secondary N) is 3. The Hall–Kier alpha value is -4.04. The SMILES string of the molecule is NC(=O)CCC(N)C(=O)NC(CO)C(=O)NC(CC(N)=O)C(=O)NC(Cc1ccccc1)C(=O)O. The van der Waals surface area contributed by atoms with Crippen LogP contribution in [0, 0.1) is 0 Å². The van der Waals surface area contributed by atoms with Gasteiger partial charge in [0.05, 0.1) is 19.1 Å². The van der Waals surface area contributed by atoms with Gasteiger partial charge in [0.1, 0.15) is 18.1 Å². The van der Waals surface area contributed by atoms with Crippen LogP contribution >= 0.6 is 0 Å². The predicted molar refractivity (Wildman–Crippen MR) is 121 cm³/mol. The number of carbonyl (C=O) groups is 6. The van der Waals surface area contributed by atoms with Crippen LogP contribution in [0.2, 0.25) is 0 Å². The molecule has 35 heavy (non-hydrogen) atoms. The Balaban J connectivity index is 2.88. The molecule has 0 heterocycles. The van der Waals surface area contributed by atoms with Crippen LogP contribution in [0.5, 0.6) is 0 Å². The first-order valence-electron chi connectivity index (χ1n) is 10.6. The highest BCUT2D eigenvalue weighted by molar-refractivity contribution is 5.96. The van der Waals surface area contributed by atoms with Gasteiger partial charge in [0.2, 0.25) is 29.5 Å². The zero-order valence-corrected chi connectivity index (χ0v) is 18.8. The third-order valence-corrected chi connectivity index (χ3v) is 4.79. The van der Waals surface area contributed by atoms with Gasteiger partial charge in [-0.1, -0.05) is 30.3 Å². The van der Waals surface area contributed by atoms with Crippen LogP contribution in [0.4, 0.5) is 0 Å². The molecule has 0 aromatic heterocycles. The van der Waals surface area contributed by atoms with Gasteiger partial charge in [-0.15, -0.1) is 0 Å². The maximum Gasteiger partial charge on any atom is 0.326 e. The molecule has 192 valence electrons. The lowest BCUT2D eigenvalue weighted by atomic mass is 10.0. The molecule has 5 amide bonds. The number of carboxylic acids is 1. The van der Waals surface area contributed by atoms with Crippen LogP contribution in [0.15, 0.2) is 30.3 Å². The molecule has 4 unspecified atom stereocenters. The van der Waals surface area contributed by atoms with Gasteiger partial charge >= 0.3 is 5.97 Å². The summed E-state index contributed by atoms with van der Waals surface area (Å²) in [4.78, 5) is 71.3. The summed E-state index contributed by atoms with van der Waals surface area (Å²) in [6.45, 7) is -0.892. The molecule has 0 aliphatic carbocycles. The van der Waals surface area contributed by atoms with Crippen LogP contribution < -0.4 is 33.2 Å². The molecule has 1 aromatic carbocycles. The van der Waals surface area contributed by atoms with E-state index < -0.39 is 72.7 Å². The van der Waals surface area contributed by atoms with Crippen molar-refractivity contribution in [2.45, 2.75) is 49.9 Å². The summed E-state index contributed by atoms with van der Waals surface area (Å²) in [5, 5.41) is 25.5. The van der Waals surface area contributed by atoms with E-state index in [4.69, 9.17) is 17.2 Å². The molecule has 0 spiro atoms. The Bertz CT molecular complexity index is 926. The fourth-order valence-electron chi connectivity index (χ4n) is 2.91. The molecule has 0 saturated carbocycles. The van der Waals surface area contributed by atoms with Crippen molar-refractivity contribution < 1.29 is 39.0 Å². The molecule has 1 aromatic rings. The lowest BCUT2D eigenvalue weighted by Gasteiger charge is -2.24. The Morgan fingerprint density at radius 2 is 1.34 bits per heavy atom. The minimum absolute atomic E-state index is 0.0718. The number of amides is 5. The topological polar surface area (TPSA) is 257 Å². The van der Waals surface area contributed by atoms with Gasteiger partial charge < -0.3 is 43.4 Å². The summed E-state index contributed by atoms with van der Waals surface area (Å²) < 4.78 is 0. The van der Waals surface area contributed by atoms with Gasteiger partial charge in [0.15, 0.2) is 0 Å². The van der Waals surface area contributed by atoms with Crippen molar-refractivity contribution in [3.63, 3.8) is 0 Å². The number of aliphatic hydroxyl groups excluding tert-OH is 1. The molecule has 14 nitrogen and oxygen atoms in total. The highest BCUT2D eigenvalue weighted by Gasteiger charge is 2.31. The van der Waals surface area contributed by atoms with Crippen LogP contribution in [0.1, 0.15) is 24.8 Å². The van der Waals surface area contributed by atoms with E-state index in [0.29, 0.717) is 5.56 Å². The van der Waals surface area contributed by atoms with E-state index in [0.717, 1.165) is 0 Å². The smallest absolute Gasteiger partial charge is 0.326 e. The highest BCUT2D eigenvalue weighted by atomic mass is 16.4. The van der Waals surface area contributed by atoms with Crippen LogP contribution in [-0.4, -0.2) is 76.5 Å². The first-order valence-corrected chi connectivity index (χ1v) is 10.6. The Morgan fingerprint density at radius 1 is 0.800 bits per heavy atom. The van der Waals surface area contributed by atoms with Gasteiger partial charge in [-0.2, -0.15) is 0 Å². The summed E-state index contributed by atoms with van der Waals surface area (Å²) in [5.41, 5.74) is 16.4. The molecular formula is C21H30N6O8. The number of nitrogens with two attached hydrogens (primary N) is 3. The van der Waals surface area contributed by atoms with Crippen molar-refractivity contribution in [1.29, 1.82) is 0 Å². The summed E-state index contributed by atoms with van der Waals surface area (Å²) in [6.07, 6.45) is -1.04. The molecule has 11 N–H and O–H groups in total. The van der Waals surface area contributed by atoms with Crippen molar-refractivity contribution in [2.24, 2.45) is 17.2 Å². The molecule has 0 fully saturated rings. The van der Waals surface area contributed by atoms with Crippen molar-refractivity contribution >= 4 is 35.5 Å². The molecule has 0 radical (unpaired) electrons. The van der Waals surface area contributed by atoms with E-state index in [2.05, 4.69) is 16.0 Å². The monoisotopic (exact) mass is 494 g/mol. The second-order valence-electron chi connectivity index (χ2n) is 7.68. The number of aliphatic hydroxyl groups is 1. The zero-order valence-electron chi connectivity index (χ0n) is 18.8. The zero-order chi connectivity index (χ0) is 26.5. The number of carbonyl (C=O) groups excluding carboxylic acids is 5. The van der Waals surface area contributed by atoms with Gasteiger partial charge in [0.25, 0.3) is 0 Å². The normalized spacial score (nSPS) is 14.0. The van der Waals surface area contributed by atoms with Crippen molar-refractivity contribution in [1.82, 2.24) is 16.0 Å². The van der Waals surface area contributed by atoms with E-state index in [-0.39, 0.29) is 19.3 Å². The third kappa shape index (κ3) is 10.6. The number of hydrogen-bond donors (Lipinski definition) is 8. The lowest BCUT2D eigenvalue weighted by molar-refractivity contribution is -0.142. The third-order valence-electron chi connectivity index (χ3n) is 4.79. The van der Waals surface area contributed by atoms with Crippen LogP contribution in [-0.2, 0) is 35.2 Å². The van der Waals surface area contributed by atoms with E-state index in [1.54, 1.807) is 30.3 Å². The second-order valence-corrected chi connectivity index (χ2v) is 7.68. The predicted octanol–water partition coefficient (Wildman–Crippen LogP) is -3.77. The average molecular weight is 495 g/mol. The summed E-state index contributed by atoms with van der Waals surface area (Å²) in [6, 6.07) is 2.69. The van der Waals surface area contributed by atoms with Gasteiger partial charge in [-0.25, -0.2) is 4.79 Å². The highest BCUT2D eigenvalue weighted by Crippen LogP contribution is 2.05. The van der Waals surface area contributed by atoms with Gasteiger partial charge in [0, 0.05) is 12.8 Å². The second kappa shape index (κ2) is 14.3. The van der Waals surface area contributed by atoms with Crippen LogP contribution in [0.25, 0.3) is 0 Å². The van der Waals surface area contributed by atoms with Crippen LogP contribution in [0.3, 0.4) is 0 Å². The quantitative estimate of drug-likeness (QED) is 0.119. The van der Waals surface area contributed by atoms with E-state index in [1.807, 2.05) is 0 Å². The first kappa shape index (κ1) is 29.0. The molecule has 1 rings (SSSR count). The first-order chi connectivity index (χ1) is 16.4. The van der Waals surface area contributed by atoms with E-state index >= 15 is 0 Å². The fraction of sp³-hybridized carbons (Fsp3) is 0.429. The van der Waals surface area contributed by atoms with Gasteiger partial charge in [-0.3, -0.25) is 24.0 Å². The number of benzene rings is 1. The molecule has 4 atom stereocenters. The van der Waals surface area contributed by atoms with Gasteiger partial charge in [-0.05, 0) is 12.0 Å². The lowest BCUT2D eigenvalue weighted by Crippen LogP contribution is -2.58. The molecular weight excluding hydrogens is 464 g/mol. The maximum atomic E-state index is 12.7. The van der Waals surface area contributed by atoms with Crippen molar-refractivity contribution in [3.05, 3.63) is 35.9 Å². The maximum absolute atomic E-state index is 12.7. The molecule has 0 saturated heterocycles. The largest absolute Gasteiger partial charge is 0.480 e. The summed E-state index contributed by atoms with van der Waals surface area (Å²) >= 11 is 0. The molecule has 0 aliphatic rings. The minimum Gasteiger partial charge on any atom is -0.480 e. The average Bonchev–Trinajstić information content (AvgIpc) is 2.79. The Labute approximate surface area is 200 Å². The molecule has 0 aliphatic heterocycles. The number of rotatable bonds is 15. The molecule has 0 bridgehead atoms. The Morgan fingerprint density at radius 3 is 1.86 bits per heavy atom. The minimum atomic E-state index is -1.59.